The van der Waals surface area contributed by atoms with Crippen LogP contribution >= 0.6 is 11.3 Å². The second-order valence-corrected chi connectivity index (χ2v) is 6.39. The predicted molar refractivity (Wildman–Crippen MR) is 78.1 cm³/mol. The van der Waals surface area contributed by atoms with Gasteiger partial charge >= 0.3 is 0 Å². The zero-order valence-electron chi connectivity index (χ0n) is 11.3. The van der Waals surface area contributed by atoms with Gasteiger partial charge in [0.25, 0.3) is 0 Å². The molecule has 2 fully saturated rings. The summed E-state index contributed by atoms with van der Waals surface area (Å²) in [4.78, 5) is 2.57. The molecular formula is C14H23N3OS. The van der Waals surface area contributed by atoms with Gasteiger partial charge in [0, 0.05) is 18.6 Å². The smallest absolute Gasteiger partial charge is 0.0869 e. The summed E-state index contributed by atoms with van der Waals surface area (Å²) < 4.78 is 6.03. The fraction of sp³-hybridized carbons (Fsp3) is 0.714. The van der Waals surface area contributed by atoms with Crippen LogP contribution < -0.4 is 11.3 Å². The van der Waals surface area contributed by atoms with Crippen LogP contribution in [-0.2, 0) is 11.2 Å². The third-order valence-electron chi connectivity index (χ3n) is 4.40. The highest BCUT2D eigenvalue weighted by atomic mass is 32.1. The van der Waals surface area contributed by atoms with Crippen molar-refractivity contribution in [3.8, 4) is 0 Å². The number of fused-ring (bicyclic) bond motifs is 1. The Kier molecular flexibility index (Phi) is 4.50. The van der Waals surface area contributed by atoms with Gasteiger partial charge in [0.05, 0.1) is 12.7 Å². The van der Waals surface area contributed by atoms with E-state index in [1.165, 1.54) is 24.9 Å². The number of hydrazine groups is 1. The summed E-state index contributed by atoms with van der Waals surface area (Å²) in [6.45, 7) is 3.14. The van der Waals surface area contributed by atoms with Gasteiger partial charge in [-0.25, -0.2) is 0 Å². The normalized spacial score (nSPS) is 29.3. The van der Waals surface area contributed by atoms with Crippen molar-refractivity contribution < 1.29 is 4.74 Å². The lowest BCUT2D eigenvalue weighted by molar-refractivity contribution is -0.0655. The maximum Gasteiger partial charge on any atom is 0.0869 e. The minimum absolute atomic E-state index is 0.234. The van der Waals surface area contributed by atoms with Crippen molar-refractivity contribution in [1.82, 2.24) is 10.3 Å². The molecule has 2 aliphatic heterocycles. The molecule has 1 aromatic rings. The molecule has 0 saturated carbocycles. The standard InChI is InChI=1S/C14H23N3OS/c15-16-13(4-3-11-5-7-19-10-11)14-8-17-6-1-2-12(17)9-18-14/h5,7,10,12-14,16H,1-4,6,8-9,15H2. The lowest BCUT2D eigenvalue weighted by Gasteiger charge is -2.38. The fourth-order valence-electron chi connectivity index (χ4n) is 3.22. The number of hydrogen-bond acceptors (Lipinski definition) is 5. The molecule has 2 aliphatic rings. The molecule has 1 aromatic heterocycles. The molecule has 2 saturated heterocycles. The summed E-state index contributed by atoms with van der Waals surface area (Å²) in [6, 6.07) is 3.10. The molecule has 106 valence electrons. The molecule has 3 heterocycles. The minimum Gasteiger partial charge on any atom is -0.374 e. The van der Waals surface area contributed by atoms with Crippen LogP contribution in [0.2, 0.25) is 0 Å². The van der Waals surface area contributed by atoms with E-state index in [1.807, 2.05) is 0 Å². The van der Waals surface area contributed by atoms with E-state index in [9.17, 15) is 0 Å². The zero-order chi connectivity index (χ0) is 13.1. The van der Waals surface area contributed by atoms with E-state index in [0.29, 0.717) is 6.04 Å². The molecule has 0 radical (unpaired) electrons. The number of nitrogens with zero attached hydrogens (tertiary/aromatic N) is 1. The Bertz CT molecular complexity index is 384. The summed E-state index contributed by atoms with van der Waals surface area (Å²) in [7, 11) is 0. The SMILES string of the molecule is NNC(CCc1ccsc1)C1CN2CCCC2CO1. The zero-order valence-corrected chi connectivity index (χ0v) is 12.1. The molecule has 0 aromatic carbocycles. The summed E-state index contributed by atoms with van der Waals surface area (Å²) in [5, 5.41) is 4.35. The van der Waals surface area contributed by atoms with Crippen molar-refractivity contribution in [2.24, 2.45) is 5.84 Å². The van der Waals surface area contributed by atoms with Crippen LogP contribution in [0.15, 0.2) is 16.8 Å². The monoisotopic (exact) mass is 281 g/mol. The quantitative estimate of drug-likeness (QED) is 0.632. The lowest BCUT2D eigenvalue weighted by Crippen LogP contribution is -2.55. The summed E-state index contributed by atoms with van der Waals surface area (Å²) in [5.74, 6) is 5.73. The Labute approximate surface area is 118 Å². The van der Waals surface area contributed by atoms with Crippen molar-refractivity contribution >= 4 is 11.3 Å². The number of ether oxygens (including phenoxy) is 1. The van der Waals surface area contributed by atoms with Crippen molar-refractivity contribution in [2.45, 2.75) is 43.9 Å². The van der Waals surface area contributed by atoms with Crippen LogP contribution in [0.4, 0.5) is 0 Å². The van der Waals surface area contributed by atoms with E-state index < -0.39 is 0 Å². The highest BCUT2D eigenvalue weighted by Gasteiger charge is 2.35. The van der Waals surface area contributed by atoms with Crippen LogP contribution in [0.1, 0.15) is 24.8 Å². The van der Waals surface area contributed by atoms with Gasteiger partial charge in [-0.05, 0) is 54.6 Å². The highest BCUT2D eigenvalue weighted by molar-refractivity contribution is 7.07. The van der Waals surface area contributed by atoms with E-state index >= 15 is 0 Å². The summed E-state index contributed by atoms with van der Waals surface area (Å²) >= 11 is 1.76. The van der Waals surface area contributed by atoms with E-state index in [1.54, 1.807) is 11.3 Å². The Hall–Kier alpha value is -0.460. The van der Waals surface area contributed by atoms with Gasteiger partial charge in [-0.1, -0.05) is 0 Å². The molecule has 3 rings (SSSR count). The van der Waals surface area contributed by atoms with Crippen molar-refractivity contribution in [3.05, 3.63) is 22.4 Å². The molecule has 0 spiro atoms. The lowest BCUT2D eigenvalue weighted by atomic mass is 10.0. The van der Waals surface area contributed by atoms with Crippen LogP contribution in [0, 0.1) is 0 Å². The van der Waals surface area contributed by atoms with Crippen LogP contribution in [0.5, 0.6) is 0 Å². The van der Waals surface area contributed by atoms with Gasteiger partial charge in [-0.15, -0.1) is 0 Å². The number of nitrogens with two attached hydrogens (primary N) is 1. The van der Waals surface area contributed by atoms with Gasteiger partial charge < -0.3 is 4.74 Å². The van der Waals surface area contributed by atoms with E-state index in [2.05, 4.69) is 27.2 Å². The maximum atomic E-state index is 6.03. The third kappa shape index (κ3) is 3.17. The molecule has 0 amide bonds. The Morgan fingerprint density at radius 1 is 1.58 bits per heavy atom. The maximum absolute atomic E-state index is 6.03. The Morgan fingerprint density at radius 3 is 3.32 bits per heavy atom. The fourth-order valence-corrected chi connectivity index (χ4v) is 3.92. The number of hydrogen-bond donors (Lipinski definition) is 2. The third-order valence-corrected chi connectivity index (χ3v) is 5.14. The van der Waals surface area contributed by atoms with Crippen LogP contribution in [0.3, 0.4) is 0 Å². The predicted octanol–water partition coefficient (Wildman–Crippen LogP) is 1.38. The second kappa shape index (κ2) is 6.33. The first-order valence-electron chi connectivity index (χ1n) is 7.19. The van der Waals surface area contributed by atoms with Gasteiger partial charge in [-0.3, -0.25) is 16.2 Å². The van der Waals surface area contributed by atoms with Crippen LogP contribution in [-0.4, -0.2) is 42.8 Å². The minimum atomic E-state index is 0.234. The number of rotatable bonds is 5. The van der Waals surface area contributed by atoms with E-state index in [4.69, 9.17) is 10.6 Å². The summed E-state index contributed by atoms with van der Waals surface area (Å²) in [6.07, 6.45) is 4.95. The number of morpholine rings is 1. The summed E-state index contributed by atoms with van der Waals surface area (Å²) in [5.41, 5.74) is 4.37. The highest BCUT2D eigenvalue weighted by Crippen LogP contribution is 2.24. The van der Waals surface area contributed by atoms with Crippen molar-refractivity contribution in [3.63, 3.8) is 0 Å². The van der Waals surface area contributed by atoms with E-state index in [0.717, 1.165) is 26.0 Å². The Balaban J connectivity index is 1.53. The van der Waals surface area contributed by atoms with Crippen molar-refractivity contribution in [1.29, 1.82) is 0 Å². The molecular weight excluding hydrogens is 258 g/mol. The van der Waals surface area contributed by atoms with Crippen LogP contribution in [0.25, 0.3) is 0 Å². The first-order chi connectivity index (χ1) is 9.36. The first-order valence-corrected chi connectivity index (χ1v) is 8.14. The van der Waals surface area contributed by atoms with Gasteiger partial charge in [0.15, 0.2) is 0 Å². The second-order valence-electron chi connectivity index (χ2n) is 5.61. The molecule has 4 nitrogen and oxygen atoms in total. The number of nitrogens with one attached hydrogen (secondary N) is 1. The van der Waals surface area contributed by atoms with E-state index in [-0.39, 0.29) is 12.1 Å². The number of thiophene rings is 1. The Morgan fingerprint density at radius 2 is 2.53 bits per heavy atom. The van der Waals surface area contributed by atoms with Gasteiger partial charge in [-0.2, -0.15) is 11.3 Å². The van der Waals surface area contributed by atoms with Gasteiger partial charge in [0.2, 0.25) is 0 Å². The molecule has 19 heavy (non-hydrogen) atoms. The molecule has 0 aliphatic carbocycles. The number of aryl methyl sites for hydroxylation is 1. The largest absolute Gasteiger partial charge is 0.374 e. The molecule has 3 N–H and O–H groups in total. The average molecular weight is 281 g/mol. The molecule has 0 bridgehead atoms. The molecule has 3 atom stereocenters. The molecule has 5 heteroatoms. The topological polar surface area (TPSA) is 50.5 Å². The molecule has 3 unspecified atom stereocenters. The average Bonchev–Trinajstić information content (AvgIpc) is 3.09. The first kappa shape index (κ1) is 13.5. The van der Waals surface area contributed by atoms with Crippen molar-refractivity contribution in [2.75, 3.05) is 19.7 Å². The van der Waals surface area contributed by atoms with Gasteiger partial charge in [0.1, 0.15) is 0 Å².